The quantitative estimate of drug-likeness (QED) is 0.848. The number of halogens is 1. The van der Waals surface area contributed by atoms with Crippen molar-refractivity contribution in [1.82, 2.24) is 4.72 Å². The predicted octanol–water partition coefficient (Wildman–Crippen LogP) is 2.69. The maximum Gasteiger partial charge on any atom is 0.240 e. The summed E-state index contributed by atoms with van der Waals surface area (Å²) in [4.78, 5) is 0.315. The Morgan fingerprint density at radius 1 is 1.24 bits per heavy atom. The fourth-order valence-corrected chi connectivity index (χ4v) is 3.84. The third kappa shape index (κ3) is 4.08. The number of sulfonamides is 1. The first-order chi connectivity index (χ1) is 7.86. The van der Waals surface area contributed by atoms with Gasteiger partial charge >= 0.3 is 0 Å². The first kappa shape index (κ1) is 14.7. The molecule has 0 unspecified atom stereocenters. The van der Waals surface area contributed by atoms with Gasteiger partial charge in [-0.25, -0.2) is 13.1 Å². The van der Waals surface area contributed by atoms with Crippen LogP contribution in [0.1, 0.15) is 19.4 Å². The van der Waals surface area contributed by atoms with E-state index in [1.54, 1.807) is 24.3 Å². The van der Waals surface area contributed by atoms with Crippen LogP contribution in [0.4, 0.5) is 0 Å². The summed E-state index contributed by atoms with van der Waals surface area (Å²) >= 11 is 3.33. The van der Waals surface area contributed by atoms with E-state index in [0.717, 1.165) is 5.56 Å². The highest BCUT2D eigenvalue weighted by Crippen LogP contribution is 2.13. The molecule has 1 N–H and O–H groups in total. The van der Waals surface area contributed by atoms with Crippen LogP contribution in [-0.4, -0.2) is 19.8 Å². The summed E-state index contributed by atoms with van der Waals surface area (Å²) in [7, 11) is -3.41. The minimum absolute atomic E-state index is 0.0960. The number of aryl methyl sites for hydroxylation is 1. The van der Waals surface area contributed by atoms with E-state index in [1.807, 2.05) is 20.8 Å². The van der Waals surface area contributed by atoms with Gasteiger partial charge in [-0.2, -0.15) is 0 Å². The zero-order chi connectivity index (χ0) is 13.1. The van der Waals surface area contributed by atoms with Gasteiger partial charge in [0.05, 0.1) is 4.90 Å². The van der Waals surface area contributed by atoms with Crippen LogP contribution in [0.15, 0.2) is 29.2 Å². The molecule has 17 heavy (non-hydrogen) atoms. The molecule has 0 fully saturated rings. The smallest absolute Gasteiger partial charge is 0.207 e. The molecule has 0 bridgehead atoms. The van der Waals surface area contributed by atoms with Gasteiger partial charge in [0.25, 0.3) is 0 Å². The van der Waals surface area contributed by atoms with Crippen molar-refractivity contribution in [3.63, 3.8) is 0 Å². The molecule has 0 aliphatic rings. The van der Waals surface area contributed by atoms with Crippen LogP contribution in [0.2, 0.25) is 0 Å². The number of hydrogen-bond acceptors (Lipinski definition) is 2. The zero-order valence-corrected chi connectivity index (χ0v) is 12.7. The molecule has 0 saturated carbocycles. The minimum Gasteiger partial charge on any atom is -0.207 e. The number of rotatable bonds is 5. The maximum absolute atomic E-state index is 12.1. The standard InChI is InChI=1S/C12H18BrNO2S/c1-9(2)12(8-13)14-17(15,16)11-6-4-10(3)5-7-11/h4-7,9,12,14H,8H2,1-3H3/t12-/m0/s1. The molecule has 3 nitrogen and oxygen atoms in total. The molecule has 1 atom stereocenters. The van der Waals surface area contributed by atoms with Crippen LogP contribution in [0.3, 0.4) is 0 Å². The zero-order valence-electron chi connectivity index (χ0n) is 10.3. The van der Waals surface area contributed by atoms with Crippen molar-refractivity contribution >= 4 is 26.0 Å². The Balaban J connectivity index is 2.92. The molecule has 0 saturated heterocycles. The van der Waals surface area contributed by atoms with Crippen LogP contribution in [0.5, 0.6) is 0 Å². The van der Waals surface area contributed by atoms with Crippen molar-refractivity contribution in [3.8, 4) is 0 Å². The largest absolute Gasteiger partial charge is 0.240 e. The molecule has 0 spiro atoms. The third-order valence-electron chi connectivity index (χ3n) is 2.61. The Morgan fingerprint density at radius 2 is 1.76 bits per heavy atom. The molecule has 96 valence electrons. The van der Waals surface area contributed by atoms with Gasteiger partial charge in [-0.05, 0) is 25.0 Å². The first-order valence-corrected chi connectivity index (χ1v) is 8.12. The fraction of sp³-hybridized carbons (Fsp3) is 0.500. The number of hydrogen-bond donors (Lipinski definition) is 1. The van der Waals surface area contributed by atoms with Crippen molar-refractivity contribution in [2.45, 2.75) is 31.7 Å². The van der Waals surface area contributed by atoms with Gasteiger partial charge in [0.2, 0.25) is 10.0 Å². The molecule has 1 aromatic carbocycles. The van der Waals surface area contributed by atoms with Gasteiger partial charge in [-0.1, -0.05) is 47.5 Å². The summed E-state index contributed by atoms with van der Waals surface area (Å²) in [6.07, 6.45) is 0. The lowest BCUT2D eigenvalue weighted by Gasteiger charge is -2.19. The Kier molecular flexibility index (Phi) is 5.16. The lowest BCUT2D eigenvalue weighted by atomic mass is 10.1. The normalized spacial score (nSPS) is 13.9. The van der Waals surface area contributed by atoms with Gasteiger partial charge in [0.1, 0.15) is 0 Å². The van der Waals surface area contributed by atoms with E-state index in [0.29, 0.717) is 10.2 Å². The molecule has 0 aliphatic heterocycles. The van der Waals surface area contributed by atoms with Crippen LogP contribution < -0.4 is 4.72 Å². The maximum atomic E-state index is 12.1. The monoisotopic (exact) mass is 319 g/mol. The molecular formula is C12H18BrNO2S. The molecule has 0 aromatic heterocycles. The number of alkyl halides is 1. The Labute approximate surface area is 112 Å². The van der Waals surface area contributed by atoms with Crippen LogP contribution in [0.25, 0.3) is 0 Å². The third-order valence-corrected chi connectivity index (χ3v) is 4.81. The van der Waals surface area contributed by atoms with Gasteiger partial charge in [-0.15, -0.1) is 0 Å². The highest BCUT2D eigenvalue weighted by Gasteiger charge is 2.21. The number of nitrogens with one attached hydrogen (secondary N) is 1. The van der Waals surface area contributed by atoms with Gasteiger partial charge in [0.15, 0.2) is 0 Å². The van der Waals surface area contributed by atoms with E-state index < -0.39 is 10.0 Å². The SMILES string of the molecule is Cc1ccc(S(=O)(=O)N[C@@H](CBr)C(C)C)cc1. The first-order valence-electron chi connectivity index (χ1n) is 5.52. The van der Waals surface area contributed by atoms with E-state index in [9.17, 15) is 8.42 Å². The Bertz CT molecular complexity index is 454. The second kappa shape index (κ2) is 5.98. The van der Waals surface area contributed by atoms with Crippen molar-refractivity contribution in [1.29, 1.82) is 0 Å². The Morgan fingerprint density at radius 3 is 2.18 bits per heavy atom. The summed E-state index contributed by atoms with van der Waals surface area (Å²) in [5, 5.41) is 0.607. The molecule has 0 radical (unpaired) electrons. The minimum atomic E-state index is -3.41. The molecule has 0 heterocycles. The van der Waals surface area contributed by atoms with Crippen molar-refractivity contribution in [2.75, 3.05) is 5.33 Å². The molecule has 0 amide bonds. The lowest BCUT2D eigenvalue weighted by molar-refractivity contribution is 0.484. The fourth-order valence-electron chi connectivity index (χ4n) is 1.33. The van der Waals surface area contributed by atoms with E-state index in [4.69, 9.17) is 0 Å². The molecule has 1 rings (SSSR count). The molecular weight excluding hydrogens is 302 g/mol. The van der Waals surface area contributed by atoms with E-state index in [2.05, 4.69) is 20.7 Å². The second-order valence-corrected chi connectivity index (χ2v) is 6.80. The lowest BCUT2D eigenvalue weighted by Crippen LogP contribution is -2.39. The highest BCUT2D eigenvalue weighted by molar-refractivity contribution is 9.09. The van der Waals surface area contributed by atoms with Gasteiger partial charge in [0, 0.05) is 11.4 Å². The van der Waals surface area contributed by atoms with Crippen molar-refractivity contribution in [2.24, 2.45) is 5.92 Å². The Hall–Kier alpha value is -0.390. The second-order valence-electron chi connectivity index (χ2n) is 4.44. The van der Waals surface area contributed by atoms with Crippen molar-refractivity contribution in [3.05, 3.63) is 29.8 Å². The van der Waals surface area contributed by atoms with Gasteiger partial charge < -0.3 is 0 Å². The predicted molar refractivity (Wildman–Crippen MR) is 73.9 cm³/mol. The summed E-state index contributed by atoms with van der Waals surface area (Å²) in [6.45, 7) is 5.91. The summed E-state index contributed by atoms with van der Waals surface area (Å²) in [5.41, 5.74) is 1.05. The molecule has 0 aliphatic carbocycles. The van der Waals surface area contributed by atoms with Crippen molar-refractivity contribution < 1.29 is 8.42 Å². The molecule has 5 heteroatoms. The van der Waals surface area contributed by atoms with Crippen LogP contribution in [-0.2, 0) is 10.0 Å². The summed E-state index contributed by atoms with van der Waals surface area (Å²) in [5.74, 6) is 0.245. The summed E-state index contributed by atoms with van der Waals surface area (Å²) in [6, 6.07) is 6.76. The average Bonchev–Trinajstić information content (AvgIpc) is 2.26. The van der Waals surface area contributed by atoms with Crippen LogP contribution in [0, 0.1) is 12.8 Å². The van der Waals surface area contributed by atoms with E-state index in [1.165, 1.54) is 0 Å². The molecule has 1 aromatic rings. The van der Waals surface area contributed by atoms with Gasteiger partial charge in [-0.3, -0.25) is 0 Å². The van der Waals surface area contributed by atoms with Crippen LogP contribution >= 0.6 is 15.9 Å². The van der Waals surface area contributed by atoms with E-state index in [-0.39, 0.29) is 12.0 Å². The summed E-state index contributed by atoms with van der Waals surface area (Å²) < 4.78 is 26.9. The number of benzene rings is 1. The van der Waals surface area contributed by atoms with E-state index >= 15 is 0 Å². The topological polar surface area (TPSA) is 46.2 Å². The highest BCUT2D eigenvalue weighted by atomic mass is 79.9. The average molecular weight is 320 g/mol.